The molecule has 2 N–H and O–H groups in total. The number of benzene rings is 2. The first kappa shape index (κ1) is 20.7. The van der Waals surface area contributed by atoms with Crippen molar-refractivity contribution in [2.45, 2.75) is 26.7 Å². The lowest BCUT2D eigenvalue weighted by molar-refractivity contribution is -0.127. The standard InChI is InChI=1S/C24H26N4O3/c1-16-6-5-7-19(12-16)25-22(29)15-28-23(30)21(26-24(28)31)14-18-8-9-20(13-17(18)2)27-10-3-4-11-27/h5-9,12-14H,3-4,10-11,15H2,1-2H3,(H,25,29)(H,26,31)/b21-14-. The van der Waals surface area contributed by atoms with Gasteiger partial charge < -0.3 is 15.5 Å². The normalized spacial score (nSPS) is 17.4. The first-order chi connectivity index (χ1) is 14.9. The van der Waals surface area contributed by atoms with Gasteiger partial charge in [0.05, 0.1) is 0 Å². The molecule has 0 saturated carbocycles. The van der Waals surface area contributed by atoms with Crippen LogP contribution in [0.3, 0.4) is 0 Å². The summed E-state index contributed by atoms with van der Waals surface area (Å²) in [6.07, 6.45) is 4.08. The second-order valence-corrected chi connectivity index (χ2v) is 8.03. The van der Waals surface area contributed by atoms with Gasteiger partial charge in [0.2, 0.25) is 5.91 Å². The molecule has 2 fully saturated rings. The van der Waals surface area contributed by atoms with E-state index in [1.807, 2.05) is 44.2 Å². The van der Waals surface area contributed by atoms with Crippen molar-refractivity contribution in [1.29, 1.82) is 0 Å². The van der Waals surface area contributed by atoms with Crippen molar-refractivity contribution in [2.24, 2.45) is 0 Å². The quantitative estimate of drug-likeness (QED) is 0.576. The van der Waals surface area contributed by atoms with E-state index >= 15 is 0 Å². The summed E-state index contributed by atoms with van der Waals surface area (Å²) in [5.41, 5.74) is 4.86. The lowest BCUT2D eigenvalue weighted by Gasteiger charge is -2.18. The van der Waals surface area contributed by atoms with Gasteiger partial charge in [0.25, 0.3) is 5.91 Å². The molecule has 0 aromatic heterocycles. The molecule has 31 heavy (non-hydrogen) atoms. The number of hydrogen-bond acceptors (Lipinski definition) is 4. The second kappa shape index (κ2) is 8.63. The number of hydrogen-bond donors (Lipinski definition) is 2. The predicted octanol–water partition coefficient (Wildman–Crippen LogP) is 3.44. The van der Waals surface area contributed by atoms with Crippen molar-refractivity contribution >= 4 is 35.3 Å². The number of nitrogens with one attached hydrogen (secondary N) is 2. The van der Waals surface area contributed by atoms with Gasteiger partial charge in [-0.25, -0.2) is 9.69 Å². The molecule has 7 heteroatoms. The number of urea groups is 1. The Morgan fingerprint density at radius 2 is 1.87 bits per heavy atom. The van der Waals surface area contributed by atoms with Crippen molar-refractivity contribution in [2.75, 3.05) is 29.9 Å². The van der Waals surface area contributed by atoms with E-state index in [9.17, 15) is 14.4 Å². The molecule has 2 aliphatic heterocycles. The van der Waals surface area contributed by atoms with Crippen LogP contribution >= 0.6 is 0 Å². The Bertz CT molecular complexity index is 1070. The Balaban J connectivity index is 1.45. The van der Waals surface area contributed by atoms with E-state index in [0.29, 0.717) is 5.69 Å². The van der Waals surface area contributed by atoms with E-state index in [4.69, 9.17) is 0 Å². The van der Waals surface area contributed by atoms with Crippen LogP contribution in [0.4, 0.5) is 16.2 Å². The molecule has 2 heterocycles. The van der Waals surface area contributed by atoms with E-state index in [1.165, 1.54) is 18.5 Å². The smallest absolute Gasteiger partial charge is 0.329 e. The third kappa shape index (κ3) is 4.60. The largest absolute Gasteiger partial charge is 0.372 e. The van der Waals surface area contributed by atoms with Gasteiger partial charge in [-0.1, -0.05) is 18.2 Å². The topological polar surface area (TPSA) is 81.8 Å². The van der Waals surface area contributed by atoms with E-state index in [0.717, 1.165) is 34.7 Å². The van der Waals surface area contributed by atoms with Crippen molar-refractivity contribution in [3.63, 3.8) is 0 Å². The third-order valence-corrected chi connectivity index (χ3v) is 5.59. The molecule has 0 unspecified atom stereocenters. The molecular weight excluding hydrogens is 392 g/mol. The highest BCUT2D eigenvalue weighted by Gasteiger charge is 2.35. The third-order valence-electron chi connectivity index (χ3n) is 5.59. The van der Waals surface area contributed by atoms with Crippen molar-refractivity contribution in [1.82, 2.24) is 10.2 Å². The summed E-state index contributed by atoms with van der Waals surface area (Å²) < 4.78 is 0. The number of aryl methyl sites for hydroxylation is 2. The van der Waals surface area contributed by atoms with E-state index < -0.39 is 17.8 Å². The van der Waals surface area contributed by atoms with Gasteiger partial charge in [-0.05, 0) is 73.7 Å². The molecule has 2 saturated heterocycles. The summed E-state index contributed by atoms with van der Waals surface area (Å²) >= 11 is 0. The molecule has 0 atom stereocenters. The van der Waals surface area contributed by atoms with E-state index in [2.05, 4.69) is 21.6 Å². The minimum Gasteiger partial charge on any atom is -0.372 e. The molecule has 160 valence electrons. The maximum absolute atomic E-state index is 12.7. The highest BCUT2D eigenvalue weighted by atomic mass is 16.2. The van der Waals surface area contributed by atoms with Crippen molar-refractivity contribution < 1.29 is 14.4 Å². The first-order valence-corrected chi connectivity index (χ1v) is 10.5. The van der Waals surface area contributed by atoms with Crippen LogP contribution in [0.25, 0.3) is 6.08 Å². The van der Waals surface area contributed by atoms with Crippen LogP contribution in [0.15, 0.2) is 48.2 Å². The number of imide groups is 1. The fourth-order valence-electron chi connectivity index (χ4n) is 3.93. The summed E-state index contributed by atoms with van der Waals surface area (Å²) in [5.74, 6) is -0.936. The Kier molecular flexibility index (Phi) is 5.75. The monoisotopic (exact) mass is 418 g/mol. The molecule has 0 spiro atoms. The Morgan fingerprint density at radius 1 is 1.10 bits per heavy atom. The molecule has 0 bridgehead atoms. The van der Waals surface area contributed by atoms with Crippen LogP contribution in [-0.2, 0) is 9.59 Å². The molecule has 2 aliphatic rings. The highest BCUT2D eigenvalue weighted by molar-refractivity contribution is 6.16. The maximum Gasteiger partial charge on any atom is 0.329 e. The number of carbonyl (C=O) groups excluding carboxylic acids is 3. The number of amides is 4. The van der Waals surface area contributed by atoms with Gasteiger partial charge in [0.15, 0.2) is 0 Å². The summed E-state index contributed by atoms with van der Waals surface area (Å²) in [4.78, 5) is 40.7. The number of carbonyl (C=O) groups is 3. The zero-order chi connectivity index (χ0) is 22.0. The fourth-order valence-corrected chi connectivity index (χ4v) is 3.93. The maximum atomic E-state index is 12.7. The molecule has 4 rings (SSSR count). The van der Waals surface area contributed by atoms with Crippen LogP contribution in [0.1, 0.15) is 29.5 Å². The number of anilines is 2. The van der Waals surface area contributed by atoms with E-state index in [1.54, 1.807) is 12.1 Å². The summed E-state index contributed by atoms with van der Waals surface area (Å²) in [6.45, 7) is 5.69. The average molecular weight is 418 g/mol. The fraction of sp³-hybridized carbons (Fsp3) is 0.292. The minimum atomic E-state index is -0.595. The van der Waals surface area contributed by atoms with Gasteiger partial charge in [-0.3, -0.25) is 9.59 Å². The van der Waals surface area contributed by atoms with Gasteiger partial charge >= 0.3 is 6.03 Å². The number of rotatable bonds is 5. The van der Waals surface area contributed by atoms with Gasteiger partial charge in [0.1, 0.15) is 12.2 Å². The van der Waals surface area contributed by atoms with Gasteiger partial charge in [0, 0.05) is 24.5 Å². The molecule has 0 aliphatic carbocycles. The average Bonchev–Trinajstić information content (AvgIpc) is 3.34. The van der Waals surface area contributed by atoms with Crippen LogP contribution in [-0.4, -0.2) is 42.4 Å². The molecule has 4 amide bonds. The molecule has 7 nitrogen and oxygen atoms in total. The van der Waals surface area contributed by atoms with Crippen molar-refractivity contribution in [3.8, 4) is 0 Å². The zero-order valence-electron chi connectivity index (χ0n) is 17.8. The Labute approximate surface area is 181 Å². The molecule has 2 aromatic carbocycles. The second-order valence-electron chi connectivity index (χ2n) is 8.03. The summed E-state index contributed by atoms with van der Waals surface area (Å²) in [5, 5.41) is 5.31. The van der Waals surface area contributed by atoms with Crippen LogP contribution in [0.2, 0.25) is 0 Å². The lowest BCUT2D eigenvalue weighted by atomic mass is 10.1. The predicted molar refractivity (Wildman–Crippen MR) is 121 cm³/mol. The van der Waals surface area contributed by atoms with E-state index in [-0.39, 0.29) is 12.2 Å². The summed E-state index contributed by atoms with van der Waals surface area (Å²) in [6, 6.07) is 12.8. The molecular formula is C24H26N4O3. The SMILES string of the molecule is Cc1cccc(NC(=O)CN2C(=O)N/C(=C\c3ccc(N4CCCC4)cc3C)C2=O)c1. The number of nitrogens with zero attached hydrogens (tertiary/aromatic N) is 2. The molecule has 2 aromatic rings. The van der Waals surface area contributed by atoms with Crippen LogP contribution in [0.5, 0.6) is 0 Å². The van der Waals surface area contributed by atoms with Crippen molar-refractivity contribution in [3.05, 3.63) is 64.9 Å². The Hall–Kier alpha value is -3.61. The highest BCUT2D eigenvalue weighted by Crippen LogP contribution is 2.25. The zero-order valence-corrected chi connectivity index (χ0v) is 17.8. The lowest BCUT2D eigenvalue weighted by Crippen LogP contribution is -2.38. The molecule has 0 radical (unpaired) electrons. The van der Waals surface area contributed by atoms with Gasteiger partial charge in [-0.15, -0.1) is 0 Å². The van der Waals surface area contributed by atoms with Gasteiger partial charge in [-0.2, -0.15) is 0 Å². The van der Waals surface area contributed by atoms with Crippen LogP contribution in [0, 0.1) is 13.8 Å². The van der Waals surface area contributed by atoms with Crippen LogP contribution < -0.4 is 15.5 Å². The first-order valence-electron chi connectivity index (χ1n) is 10.5. The Morgan fingerprint density at radius 3 is 2.58 bits per heavy atom. The minimum absolute atomic E-state index is 0.172. The summed E-state index contributed by atoms with van der Waals surface area (Å²) in [7, 11) is 0.